The molecule has 0 saturated heterocycles. The smallest absolute Gasteiger partial charge is 0.335 e. The largest absolute Gasteiger partial charge is 0.464 e. The zero-order valence-electron chi connectivity index (χ0n) is 12.8. The van der Waals surface area contributed by atoms with E-state index in [9.17, 15) is 9.59 Å². The molecule has 0 saturated carbocycles. The van der Waals surface area contributed by atoms with Crippen molar-refractivity contribution in [3.05, 3.63) is 0 Å². The van der Waals surface area contributed by atoms with Crippen LogP contribution in [0.2, 0.25) is 0 Å². The Balaban J connectivity index is 5.24. The number of rotatable bonds is 7. The van der Waals surface area contributed by atoms with Crippen molar-refractivity contribution in [1.82, 2.24) is 0 Å². The normalized spacial score (nSPS) is 14.7. The molecular weight excluding hydrogens is 262 g/mol. The van der Waals surface area contributed by atoms with Crippen molar-refractivity contribution in [3.8, 4) is 0 Å². The minimum atomic E-state index is -1.11. The van der Waals surface area contributed by atoms with Crippen LogP contribution in [0.25, 0.3) is 0 Å². The Bertz CT molecular complexity index is 343. The van der Waals surface area contributed by atoms with Gasteiger partial charge in [0.2, 0.25) is 6.08 Å². The average Bonchev–Trinajstić information content (AvgIpc) is 2.24. The van der Waals surface area contributed by atoms with Gasteiger partial charge in [-0.2, -0.15) is 16.8 Å². The van der Waals surface area contributed by atoms with Gasteiger partial charge in [0.25, 0.3) is 0 Å². The van der Waals surface area contributed by atoms with Crippen molar-refractivity contribution in [3.63, 3.8) is 0 Å². The Kier molecular flexibility index (Phi) is 7.38. The monoisotopic (exact) mass is 287 g/mol. The molecule has 4 nitrogen and oxygen atoms in total. The van der Waals surface area contributed by atoms with Crippen LogP contribution >= 0.6 is 11.8 Å². The van der Waals surface area contributed by atoms with Gasteiger partial charge < -0.3 is 4.74 Å². The fourth-order valence-electron chi connectivity index (χ4n) is 1.69. The van der Waals surface area contributed by atoms with Crippen LogP contribution in [0, 0.1) is 5.92 Å². The molecule has 5 heteroatoms. The van der Waals surface area contributed by atoms with Crippen LogP contribution in [0.4, 0.5) is 0 Å². The van der Waals surface area contributed by atoms with E-state index < -0.39 is 11.5 Å². The standard InChI is InChI=1S/C14H25NO3S/c1-7-18-12(17)14(15-10-16,8-11(2)3)9-19-13(4,5)6/h11H,7-9H2,1-6H3. The van der Waals surface area contributed by atoms with E-state index in [4.69, 9.17) is 4.74 Å². The molecule has 0 aromatic heterocycles. The fourth-order valence-corrected chi connectivity index (χ4v) is 2.66. The zero-order valence-corrected chi connectivity index (χ0v) is 13.6. The van der Waals surface area contributed by atoms with E-state index in [-0.39, 0.29) is 17.3 Å². The molecule has 0 aliphatic heterocycles. The van der Waals surface area contributed by atoms with Gasteiger partial charge in [-0.3, -0.25) is 0 Å². The summed E-state index contributed by atoms with van der Waals surface area (Å²) in [7, 11) is 0. The Morgan fingerprint density at radius 2 is 1.95 bits per heavy atom. The highest BCUT2D eigenvalue weighted by Crippen LogP contribution is 2.33. The fraction of sp³-hybridized carbons (Fsp3) is 0.857. The maximum Gasteiger partial charge on any atom is 0.335 e. The summed E-state index contributed by atoms with van der Waals surface area (Å²) in [4.78, 5) is 26.7. The van der Waals surface area contributed by atoms with Gasteiger partial charge in [0.1, 0.15) is 0 Å². The average molecular weight is 287 g/mol. The molecule has 0 spiro atoms. The minimum absolute atomic E-state index is 0.00682. The molecule has 0 aromatic rings. The zero-order chi connectivity index (χ0) is 15.1. The molecule has 0 radical (unpaired) electrons. The topological polar surface area (TPSA) is 55.7 Å². The third-order valence-corrected chi connectivity index (χ3v) is 3.89. The summed E-state index contributed by atoms with van der Waals surface area (Å²) < 4.78 is 5.09. The molecule has 0 fully saturated rings. The lowest BCUT2D eigenvalue weighted by Gasteiger charge is -2.30. The molecule has 0 bridgehead atoms. The lowest BCUT2D eigenvalue weighted by Crippen LogP contribution is -2.43. The number of aliphatic imine (C=N–C) groups is 1. The van der Waals surface area contributed by atoms with Crippen molar-refractivity contribution in [2.75, 3.05) is 12.4 Å². The van der Waals surface area contributed by atoms with Crippen LogP contribution in [0.5, 0.6) is 0 Å². The van der Waals surface area contributed by atoms with Crippen LogP contribution in [-0.4, -0.2) is 34.7 Å². The van der Waals surface area contributed by atoms with Crippen molar-refractivity contribution in [2.24, 2.45) is 10.9 Å². The first kappa shape index (κ1) is 18.2. The molecule has 0 rings (SSSR count). The van der Waals surface area contributed by atoms with Crippen molar-refractivity contribution >= 4 is 23.8 Å². The molecule has 19 heavy (non-hydrogen) atoms. The number of carbonyl (C=O) groups excluding carboxylic acids is 2. The number of ether oxygens (including phenoxy) is 1. The SMILES string of the molecule is CCOC(=O)C(CSC(C)(C)C)(CC(C)C)N=C=O. The van der Waals surface area contributed by atoms with E-state index in [2.05, 4.69) is 25.8 Å². The highest BCUT2D eigenvalue weighted by atomic mass is 32.2. The third kappa shape index (κ3) is 6.79. The molecule has 0 aliphatic rings. The predicted octanol–water partition coefficient (Wildman–Crippen LogP) is 3.20. The van der Waals surface area contributed by atoms with E-state index in [1.165, 1.54) is 0 Å². The minimum Gasteiger partial charge on any atom is -0.464 e. The van der Waals surface area contributed by atoms with Crippen molar-refractivity contribution in [2.45, 2.75) is 58.2 Å². The molecule has 1 unspecified atom stereocenters. The number of hydrogen-bond donors (Lipinski definition) is 0. The van der Waals surface area contributed by atoms with E-state index in [1.54, 1.807) is 24.8 Å². The number of hydrogen-bond acceptors (Lipinski definition) is 5. The maximum absolute atomic E-state index is 12.2. The summed E-state index contributed by atoms with van der Waals surface area (Å²) in [6, 6.07) is 0. The lowest BCUT2D eigenvalue weighted by atomic mass is 9.91. The van der Waals surface area contributed by atoms with Crippen LogP contribution < -0.4 is 0 Å². The lowest BCUT2D eigenvalue weighted by molar-refractivity contribution is -0.149. The molecular formula is C14H25NO3S. The predicted molar refractivity (Wildman–Crippen MR) is 79.2 cm³/mol. The van der Waals surface area contributed by atoms with E-state index in [0.29, 0.717) is 12.2 Å². The summed E-state index contributed by atoms with van der Waals surface area (Å²) in [6.45, 7) is 12.2. The van der Waals surface area contributed by atoms with Crippen LogP contribution in [0.1, 0.15) is 48.0 Å². The molecule has 0 N–H and O–H groups in total. The second-order valence-electron chi connectivity index (χ2n) is 5.95. The molecule has 0 amide bonds. The number of thioether (sulfide) groups is 1. The van der Waals surface area contributed by atoms with Gasteiger partial charge in [0, 0.05) is 10.5 Å². The first-order valence-electron chi connectivity index (χ1n) is 6.57. The maximum atomic E-state index is 12.2. The summed E-state index contributed by atoms with van der Waals surface area (Å²) in [5, 5.41) is 0. The molecule has 110 valence electrons. The van der Waals surface area contributed by atoms with E-state index >= 15 is 0 Å². The van der Waals surface area contributed by atoms with Gasteiger partial charge in [0.05, 0.1) is 6.61 Å². The summed E-state index contributed by atoms with van der Waals surface area (Å²) in [5.74, 6) is 0.244. The van der Waals surface area contributed by atoms with Gasteiger partial charge >= 0.3 is 5.97 Å². The van der Waals surface area contributed by atoms with Gasteiger partial charge in [0.15, 0.2) is 5.54 Å². The third-order valence-electron chi connectivity index (χ3n) is 2.40. The molecule has 0 heterocycles. The van der Waals surface area contributed by atoms with Crippen LogP contribution in [0.15, 0.2) is 4.99 Å². The summed E-state index contributed by atoms with van der Waals surface area (Å²) >= 11 is 1.60. The van der Waals surface area contributed by atoms with Crippen LogP contribution in [0.3, 0.4) is 0 Å². The van der Waals surface area contributed by atoms with E-state index in [1.807, 2.05) is 13.8 Å². The summed E-state index contributed by atoms with van der Waals surface area (Å²) in [5.41, 5.74) is -1.11. The quantitative estimate of drug-likeness (QED) is 0.410. The highest BCUT2D eigenvalue weighted by Gasteiger charge is 2.41. The highest BCUT2D eigenvalue weighted by molar-refractivity contribution is 8.00. The molecule has 0 aromatic carbocycles. The van der Waals surface area contributed by atoms with Crippen molar-refractivity contribution < 1.29 is 14.3 Å². The van der Waals surface area contributed by atoms with Gasteiger partial charge in [-0.25, -0.2) is 9.59 Å². The van der Waals surface area contributed by atoms with Gasteiger partial charge in [-0.05, 0) is 19.3 Å². The number of esters is 1. The Morgan fingerprint density at radius 3 is 2.32 bits per heavy atom. The van der Waals surface area contributed by atoms with Gasteiger partial charge in [-0.15, -0.1) is 0 Å². The Labute approximate surface area is 120 Å². The first-order valence-corrected chi connectivity index (χ1v) is 7.55. The summed E-state index contributed by atoms with van der Waals surface area (Å²) in [6.07, 6.45) is 2.04. The molecule has 1 atom stereocenters. The first-order chi connectivity index (χ1) is 8.67. The Morgan fingerprint density at radius 1 is 1.37 bits per heavy atom. The number of nitrogens with zero attached hydrogens (tertiary/aromatic N) is 1. The molecule has 0 aliphatic carbocycles. The van der Waals surface area contributed by atoms with Gasteiger partial charge in [-0.1, -0.05) is 34.6 Å². The Hall–Kier alpha value is -0.800. The number of carbonyl (C=O) groups is 1. The van der Waals surface area contributed by atoms with Crippen LogP contribution in [-0.2, 0) is 14.3 Å². The van der Waals surface area contributed by atoms with E-state index in [0.717, 1.165) is 0 Å². The number of isocyanates is 1. The second kappa shape index (κ2) is 7.71. The second-order valence-corrected chi connectivity index (χ2v) is 7.76. The van der Waals surface area contributed by atoms with Crippen molar-refractivity contribution in [1.29, 1.82) is 0 Å².